The van der Waals surface area contributed by atoms with Crippen molar-refractivity contribution >= 4 is 6.03 Å². The minimum atomic E-state index is -0.192. The first-order valence-electron chi connectivity index (χ1n) is 9.28. The molecule has 1 aliphatic rings. The van der Waals surface area contributed by atoms with Gasteiger partial charge in [-0.25, -0.2) is 4.79 Å². The smallest absolute Gasteiger partial charge is 0.314 e. The fraction of sp³-hybridized carbons (Fsp3) is 0.381. The van der Waals surface area contributed by atoms with Crippen molar-refractivity contribution in [1.29, 1.82) is 0 Å². The molecule has 0 aromatic heterocycles. The van der Waals surface area contributed by atoms with Gasteiger partial charge in [0, 0.05) is 13.1 Å². The molecule has 0 saturated heterocycles. The second-order valence-electron chi connectivity index (χ2n) is 6.79. The van der Waals surface area contributed by atoms with Crippen LogP contribution in [0.3, 0.4) is 0 Å². The van der Waals surface area contributed by atoms with Crippen molar-refractivity contribution in [3.05, 3.63) is 53.6 Å². The molecule has 7 nitrogen and oxygen atoms in total. The summed E-state index contributed by atoms with van der Waals surface area (Å²) < 4.78 is 16.2. The van der Waals surface area contributed by atoms with E-state index in [9.17, 15) is 4.79 Å². The van der Waals surface area contributed by atoms with Crippen LogP contribution in [0, 0.1) is 0 Å². The van der Waals surface area contributed by atoms with Gasteiger partial charge in [-0.3, -0.25) is 0 Å². The monoisotopic (exact) mass is 385 g/mol. The fourth-order valence-corrected chi connectivity index (χ4v) is 3.19. The Morgan fingerprint density at radius 3 is 2.71 bits per heavy atom. The van der Waals surface area contributed by atoms with Crippen molar-refractivity contribution in [2.45, 2.75) is 12.5 Å². The molecule has 1 heterocycles. The van der Waals surface area contributed by atoms with Gasteiger partial charge in [0.2, 0.25) is 6.79 Å². The number of nitrogens with one attached hydrogen (secondary N) is 2. The highest BCUT2D eigenvalue weighted by atomic mass is 16.7. The van der Waals surface area contributed by atoms with Crippen molar-refractivity contribution in [3.63, 3.8) is 0 Å². The Balaban J connectivity index is 1.50. The Morgan fingerprint density at radius 2 is 1.93 bits per heavy atom. The zero-order valence-electron chi connectivity index (χ0n) is 16.5. The molecule has 150 valence electrons. The van der Waals surface area contributed by atoms with E-state index in [1.807, 2.05) is 56.6 Å². The maximum absolute atomic E-state index is 12.2. The van der Waals surface area contributed by atoms with Crippen molar-refractivity contribution in [1.82, 2.24) is 15.5 Å². The van der Waals surface area contributed by atoms with Crippen LogP contribution in [0.4, 0.5) is 4.79 Å². The maximum Gasteiger partial charge on any atom is 0.314 e. The number of nitrogens with zero attached hydrogens (tertiary/aromatic N) is 1. The van der Waals surface area contributed by atoms with Crippen LogP contribution in [0.25, 0.3) is 0 Å². The molecule has 0 bridgehead atoms. The number of carbonyl (C=O) groups is 1. The number of urea groups is 1. The average molecular weight is 385 g/mol. The van der Waals surface area contributed by atoms with E-state index < -0.39 is 0 Å². The highest BCUT2D eigenvalue weighted by Crippen LogP contribution is 2.34. The van der Waals surface area contributed by atoms with Gasteiger partial charge in [0.25, 0.3) is 0 Å². The SMILES string of the molecule is COc1ccccc1CCNC(=O)NCC(c1ccc2c(c1)OCO2)N(C)C. The van der Waals surface area contributed by atoms with E-state index in [0.29, 0.717) is 19.5 Å². The van der Waals surface area contributed by atoms with Crippen molar-refractivity contribution in [2.75, 3.05) is 41.1 Å². The number of carbonyl (C=O) groups excluding carboxylic acids is 1. The standard InChI is InChI=1S/C21H27N3O4/c1-24(2)17(16-8-9-19-20(12-16)28-14-27-19)13-23-21(25)22-11-10-15-6-4-5-7-18(15)26-3/h4-9,12,17H,10-11,13-14H2,1-3H3,(H2,22,23,25). The number of hydrogen-bond donors (Lipinski definition) is 2. The molecular formula is C21H27N3O4. The molecule has 0 fully saturated rings. The van der Waals surface area contributed by atoms with Gasteiger partial charge in [0.05, 0.1) is 13.2 Å². The predicted molar refractivity (Wildman–Crippen MR) is 107 cm³/mol. The molecule has 0 saturated carbocycles. The van der Waals surface area contributed by atoms with Crippen LogP contribution in [0.1, 0.15) is 17.2 Å². The molecule has 0 spiro atoms. The minimum Gasteiger partial charge on any atom is -0.496 e. The molecular weight excluding hydrogens is 358 g/mol. The molecule has 3 rings (SSSR count). The van der Waals surface area contributed by atoms with Crippen molar-refractivity contribution < 1.29 is 19.0 Å². The lowest BCUT2D eigenvalue weighted by molar-refractivity contribution is 0.174. The summed E-state index contributed by atoms with van der Waals surface area (Å²) in [6.07, 6.45) is 0.705. The molecule has 0 radical (unpaired) electrons. The molecule has 7 heteroatoms. The van der Waals surface area contributed by atoms with Crippen LogP contribution in [0.2, 0.25) is 0 Å². The molecule has 1 aliphatic heterocycles. The number of methoxy groups -OCH3 is 1. The Kier molecular flexibility index (Phi) is 6.60. The second-order valence-corrected chi connectivity index (χ2v) is 6.79. The topological polar surface area (TPSA) is 72.1 Å². The number of likely N-dealkylation sites (N-methyl/N-ethyl adjacent to an activating group) is 1. The number of benzene rings is 2. The minimum absolute atomic E-state index is 0.0227. The lowest BCUT2D eigenvalue weighted by Gasteiger charge is -2.25. The maximum atomic E-state index is 12.2. The Hall–Kier alpha value is -2.93. The van der Waals surface area contributed by atoms with Crippen molar-refractivity contribution in [2.24, 2.45) is 0 Å². The van der Waals surface area contributed by atoms with E-state index in [2.05, 4.69) is 15.5 Å². The van der Waals surface area contributed by atoms with E-state index >= 15 is 0 Å². The zero-order valence-corrected chi connectivity index (χ0v) is 16.5. The van der Waals surface area contributed by atoms with Gasteiger partial charge in [-0.15, -0.1) is 0 Å². The van der Waals surface area contributed by atoms with Gasteiger partial charge in [-0.1, -0.05) is 24.3 Å². The van der Waals surface area contributed by atoms with E-state index in [-0.39, 0.29) is 18.9 Å². The summed E-state index contributed by atoms with van der Waals surface area (Å²) in [6, 6.07) is 13.5. The third-order valence-corrected chi connectivity index (χ3v) is 4.73. The van der Waals surface area contributed by atoms with Gasteiger partial charge in [-0.05, 0) is 49.8 Å². The normalized spacial score (nSPS) is 13.3. The van der Waals surface area contributed by atoms with Crippen LogP contribution in [0.15, 0.2) is 42.5 Å². The van der Waals surface area contributed by atoms with E-state index in [0.717, 1.165) is 28.4 Å². The number of ether oxygens (including phenoxy) is 3. The quantitative estimate of drug-likeness (QED) is 0.731. The molecule has 0 aliphatic carbocycles. The number of amides is 2. The molecule has 2 amide bonds. The number of rotatable bonds is 8. The van der Waals surface area contributed by atoms with Crippen molar-refractivity contribution in [3.8, 4) is 17.2 Å². The van der Waals surface area contributed by atoms with E-state index in [1.165, 1.54) is 0 Å². The van der Waals surface area contributed by atoms with Crippen LogP contribution < -0.4 is 24.8 Å². The first-order chi connectivity index (χ1) is 13.6. The number of para-hydroxylation sites is 1. The molecule has 2 N–H and O–H groups in total. The average Bonchev–Trinajstić information content (AvgIpc) is 3.16. The van der Waals surface area contributed by atoms with Gasteiger partial charge in [0.15, 0.2) is 11.5 Å². The first-order valence-corrected chi connectivity index (χ1v) is 9.28. The summed E-state index contributed by atoms with van der Waals surface area (Å²) in [5.41, 5.74) is 2.13. The van der Waals surface area contributed by atoms with Gasteiger partial charge < -0.3 is 29.7 Å². The summed E-state index contributed by atoms with van der Waals surface area (Å²) >= 11 is 0. The summed E-state index contributed by atoms with van der Waals surface area (Å²) in [5.74, 6) is 2.33. The molecule has 28 heavy (non-hydrogen) atoms. The Bertz CT molecular complexity index is 810. The lowest BCUT2D eigenvalue weighted by atomic mass is 10.1. The van der Waals surface area contributed by atoms with Gasteiger partial charge in [-0.2, -0.15) is 0 Å². The molecule has 1 unspecified atom stereocenters. The molecule has 2 aromatic rings. The highest BCUT2D eigenvalue weighted by Gasteiger charge is 2.20. The molecule has 1 atom stereocenters. The number of fused-ring (bicyclic) bond motifs is 1. The zero-order chi connectivity index (χ0) is 19.9. The van der Waals surface area contributed by atoms with Crippen LogP contribution in [-0.4, -0.2) is 52.0 Å². The lowest BCUT2D eigenvalue weighted by Crippen LogP contribution is -2.41. The van der Waals surface area contributed by atoms with E-state index in [4.69, 9.17) is 14.2 Å². The largest absolute Gasteiger partial charge is 0.496 e. The van der Waals surface area contributed by atoms with E-state index in [1.54, 1.807) is 7.11 Å². The molecule has 2 aromatic carbocycles. The second kappa shape index (κ2) is 9.32. The third kappa shape index (κ3) is 4.86. The summed E-state index contributed by atoms with van der Waals surface area (Å²) in [5, 5.41) is 5.85. The summed E-state index contributed by atoms with van der Waals surface area (Å²) in [6.45, 7) is 1.26. The predicted octanol–water partition coefficient (Wildman–Crippen LogP) is 2.57. The highest BCUT2D eigenvalue weighted by molar-refractivity contribution is 5.73. The Morgan fingerprint density at radius 1 is 1.14 bits per heavy atom. The Labute approximate surface area is 165 Å². The summed E-state index contributed by atoms with van der Waals surface area (Å²) in [4.78, 5) is 14.3. The first kappa shape index (κ1) is 19.8. The van der Waals surface area contributed by atoms with Crippen LogP contribution >= 0.6 is 0 Å². The van der Waals surface area contributed by atoms with Crippen LogP contribution in [-0.2, 0) is 6.42 Å². The summed E-state index contributed by atoms with van der Waals surface area (Å²) in [7, 11) is 5.61. The third-order valence-electron chi connectivity index (χ3n) is 4.73. The van der Waals surface area contributed by atoms with Crippen LogP contribution in [0.5, 0.6) is 17.2 Å². The fourth-order valence-electron chi connectivity index (χ4n) is 3.19. The van der Waals surface area contributed by atoms with Gasteiger partial charge in [0.1, 0.15) is 5.75 Å². The number of hydrogen-bond acceptors (Lipinski definition) is 5. The van der Waals surface area contributed by atoms with Gasteiger partial charge >= 0.3 is 6.03 Å².